The first kappa shape index (κ1) is 11.0. The third-order valence-corrected chi connectivity index (χ3v) is 2.79. The van der Waals surface area contributed by atoms with Gasteiger partial charge in [0.05, 0.1) is 0 Å². The fourth-order valence-electron chi connectivity index (χ4n) is 1.19. The number of pyridine rings is 1. The third kappa shape index (κ3) is 3.01. The van der Waals surface area contributed by atoms with Crippen LogP contribution in [-0.4, -0.2) is 21.5 Å². The van der Waals surface area contributed by atoms with E-state index in [2.05, 4.69) is 15.0 Å². The number of nitrogens with two attached hydrogens (primary N) is 1. The second-order valence-corrected chi connectivity index (χ2v) is 4.17. The summed E-state index contributed by atoms with van der Waals surface area (Å²) < 4.78 is 0. The zero-order valence-corrected chi connectivity index (χ0v) is 9.52. The van der Waals surface area contributed by atoms with Crippen LogP contribution in [0.1, 0.15) is 5.56 Å². The van der Waals surface area contributed by atoms with Crippen LogP contribution in [-0.2, 0) is 6.42 Å². The predicted octanol–water partition coefficient (Wildman–Crippen LogP) is 1.52. The molecular weight excluding hydrogens is 220 g/mol. The summed E-state index contributed by atoms with van der Waals surface area (Å²) in [4.78, 5) is 12.7. The normalized spacial score (nSPS) is 10.3. The van der Waals surface area contributed by atoms with E-state index in [1.54, 1.807) is 6.20 Å². The SMILES string of the molecule is NCCc1cnc(Sc2ccccn2)nc1. The van der Waals surface area contributed by atoms with Crippen LogP contribution in [0.15, 0.2) is 47.0 Å². The van der Waals surface area contributed by atoms with Gasteiger partial charge in [-0.3, -0.25) is 0 Å². The summed E-state index contributed by atoms with van der Waals surface area (Å²) in [5.41, 5.74) is 6.51. The van der Waals surface area contributed by atoms with E-state index in [1.165, 1.54) is 11.8 Å². The highest BCUT2D eigenvalue weighted by molar-refractivity contribution is 7.99. The first-order valence-electron chi connectivity index (χ1n) is 4.98. The van der Waals surface area contributed by atoms with Gasteiger partial charge in [0.2, 0.25) is 0 Å². The van der Waals surface area contributed by atoms with E-state index in [-0.39, 0.29) is 0 Å². The van der Waals surface area contributed by atoms with Gasteiger partial charge < -0.3 is 5.73 Å². The van der Waals surface area contributed by atoms with Crippen LogP contribution in [0.25, 0.3) is 0 Å². The van der Waals surface area contributed by atoms with Crippen molar-refractivity contribution < 1.29 is 0 Å². The average molecular weight is 232 g/mol. The lowest BCUT2D eigenvalue weighted by molar-refractivity contribution is 0.889. The topological polar surface area (TPSA) is 64.7 Å². The molecule has 0 aliphatic carbocycles. The van der Waals surface area contributed by atoms with Crippen molar-refractivity contribution in [1.82, 2.24) is 15.0 Å². The van der Waals surface area contributed by atoms with E-state index < -0.39 is 0 Å². The van der Waals surface area contributed by atoms with Crippen LogP contribution < -0.4 is 5.73 Å². The van der Waals surface area contributed by atoms with Gasteiger partial charge >= 0.3 is 0 Å². The minimum atomic E-state index is 0.621. The Hall–Kier alpha value is -1.46. The number of rotatable bonds is 4. The van der Waals surface area contributed by atoms with Crippen LogP contribution in [0.4, 0.5) is 0 Å². The minimum absolute atomic E-state index is 0.621. The van der Waals surface area contributed by atoms with Gasteiger partial charge in [-0.1, -0.05) is 6.07 Å². The van der Waals surface area contributed by atoms with E-state index in [0.717, 1.165) is 17.0 Å². The van der Waals surface area contributed by atoms with Crippen LogP contribution in [0.3, 0.4) is 0 Å². The molecule has 2 rings (SSSR count). The van der Waals surface area contributed by atoms with Crippen LogP contribution >= 0.6 is 11.8 Å². The monoisotopic (exact) mass is 232 g/mol. The van der Waals surface area contributed by atoms with Crippen LogP contribution in [0.5, 0.6) is 0 Å². The molecular formula is C11H12N4S. The van der Waals surface area contributed by atoms with Crippen LogP contribution in [0.2, 0.25) is 0 Å². The summed E-state index contributed by atoms with van der Waals surface area (Å²) in [6.07, 6.45) is 6.19. The van der Waals surface area contributed by atoms with E-state index in [1.807, 2.05) is 30.6 Å². The van der Waals surface area contributed by atoms with Gasteiger partial charge in [0, 0.05) is 18.6 Å². The summed E-state index contributed by atoms with van der Waals surface area (Å²) in [5, 5.41) is 1.61. The Morgan fingerprint density at radius 3 is 2.56 bits per heavy atom. The summed E-state index contributed by atoms with van der Waals surface area (Å²) in [5.74, 6) is 0. The summed E-state index contributed by atoms with van der Waals surface area (Å²) in [6, 6.07) is 5.76. The lowest BCUT2D eigenvalue weighted by Crippen LogP contribution is -2.03. The first-order valence-corrected chi connectivity index (χ1v) is 5.80. The fraction of sp³-hybridized carbons (Fsp3) is 0.182. The standard InChI is InChI=1S/C11H12N4S/c12-5-4-9-7-14-11(15-8-9)16-10-3-1-2-6-13-10/h1-3,6-8H,4-5,12H2. The Morgan fingerprint density at radius 2 is 1.94 bits per heavy atom. The molecule has 2 heterocycles. The van der Waals surface area contributed by atoms with Gasteiger partial charge in [0.25, 0.3) is 0 Å². The lowest BCUT2D eigenvalue weighted by Gasteiger charge is -2.00. The Kier molecular flexibility index (Phi) is 3.85. The molecule has 0 saturated heterocycles. The van der Waals surface area contributed by atoms with Gasteiger partial charge in [-0.25, -0.2) is 15.0 Å². The number of hydrogen-bond acceptors (Lipinski definition) is 5. The molecule has 2 aromatic heterocycles. The molecule has 0 aromatic carbocycles. The van der Waals surface area contributed by atoms with E-state index >= 15 is 0 Å². The zero-order chi connectivity index (χ0) is 11.2. The maximum atomic E-state index is 5.45. The zero-order valence-electron chi connectivity index (χ0n) is 8.71. The second kappa shape index (κ2) is 5.58. The predicted molar refractivity (Wildman–Crippen MR) is 63.2 cm³/mol. The van der Waals surface area contributed by atoms with E-state index in [9.17, 15) is 0 Å². The molecule has 5 heteroatoms. The quantitative estimate of drug-likeness (QED) is 0.810. The number of nitrogens with zero attached hydrogens (tertiary/aromatic N) is 3. The molecule has 0 amide bonds. The van der Waals surface area contributed by atoms with Gasteiger partial charge in [-0.2, -0.15) is 0 Å². The summed E-state index contributed by atoms with van der Waals surface area (Å²) in [6.45, 7) is 0.621. The first-order chi connectivity index (χ1) is 7.88. The van der Waals surface area contributed by atoms with E-state index in [4.69, 9.17) is 5.73 Å². The van der Waals surface area contributed by atoms with Crippen LogP contribution in [0, 0.1) is 0 Å². The maximum Gasteiger partial charge on any atom is 0.193 e. The second-order valence-electron chi connectivity index (χ2n) is 3.18. The molecule has 0 radical (unpaired) electrons. The van der Waals surface area contributed by atoms with Crippen molar-refractivity contribution in [3.63, 3.8) is 0 Å². The smallest absolute Gasteiger partial charge is 0.193 e. The molecule has 16 heavy (non-hydrogen) atoms. The van der Waals surface area contributed by atoms with Crippen molar-refractivity contribution >= 4 is 11.8 Å². The van der Waals surface area contributed by atoms with Crippen molar-refractivity contribution in [2.24, 2.45) is 5.73 Å². The van der Waals surface area contributed by atoms with Crippen molar-refractivity contribution in [2.75, 3.05) is 6.54 Å². The highest BCUT2D eigenvalue weighted by Crippen LogP contribution is 2.21. The van der Waals surface area contributed by atoms with Gasteiger partial charge in [0.15, 0.2) is 5.16 Å². The van der Waals surface area contributed by atoms with E-state index in [0.29, 0.717) is 11.7 Å². The molecule has 0 bridgehead atoms. The molecule has 0 aliphatic heterocycles. The minimum Gasteiger partial charge on any atom is -0.330 e. The lowest BCUT2D eigenvalue weighted by atomic mass is 10.2. The molecule has 2 aromatic rings. The Morgan fingerprint density at radius 1 is 1.12 bits per heavy atom. The number of hydrogen-bond donors (Lipinski definition) is 1. The number of aromatic nitrogens is 3. The summed E-state index contributed by atoms with van der Waals surface area (Å²) >= 11 is 1.45. The Balaban J connectivity index is 2.05. The Bertz CT molecular complexity index is 429. The third-order valence-electron chi connectivity index (χ3n) is 1.95. The molecule has 0 unspecified atom stereocenters. The molecule has 82 valence electrons. The highest BCUT2D eigenvalue weighted by Gasteiger charge is 2.00. The van der Waals surface area contributed by atoms with Gasteiger partial charge in [-0.15, -0.1) is 0 Å². The maximum absolute atomic E-state index is 5.45. The highest BCUT2D eigenvalue weighted by atomic mass is 32.2. The molecule has 0 spiro atoms. The van der Waals surface area contributed by atoms with Crippen molar-refractivity contribution in [3.05, 3.63) is 42.4 Å². The molecule has 0 fully saturated rings. The molecule has 4 nitrogen and oxygen atoms in total. The van der Waals surface area contributed by atoms with Crippen molar-refractivity contribution in [3.8, 4) is 0 Å². The van der Waals surface area contributed by atoms with Crippen molar-refractivity contribution in [1.29, 1.82) is 0 Å². The molecule has 2 N–H and O–H groups in total. The Labute approximate surface area is 98.3 Å². The summed E-state index contributed by atoms with van der Waals surface area (Å²) in [7, 11) is 0. The largest absolute Gasteiger partial charge is 0.330 e. The average Bonchev–Trinajstić information content (AvgIpc) is 2.33. The molecule has 0 saturated carbocycles. The molecule has 0 aliphatic rings. The van der Waals surface area contributed by atoms with Gasteiger partial charge in [-0.05, 0) is 42.4 Å². The molecule has 0 atom stereocenters. The fourth-order valence-corrected chi connectivity index (χ4v) is 1.85. The van der Waals surface area contributed by atoms with Gasteiger partial charge in [0.1, 0.15) is 5.03 Å². The van der Waals surface area contributed by atoms with Crippen molar-refractivity contribution in [2.45, 2.75) is 16.6 Å².